The van der Waals surface area contributed by atoms with E-state index in [-0.39, 0.29) is 24.5 Å². The van der Waals surface area contributed by atoms with Crippen LogP contribution in [0.15, 0.2) is 17.2 Å². The van der Waals surface area contributed by atoms with Gasteiger partial charge in [-0.1, -0.05) is 11.6 Å². The van der Waals surface area contributed by atoms with E-state index in [4.69, 9.17) is 21.1 Å². The van der Waals surface area contributed by atoms with Crippen LogP contribution in [0, 0.1) is 0 Å². The summed E-state index contributed by atoms with van der Waals surface area (Å²) in [6.45, 7) is 0. The van der Waals surface area contributed by atoms with Crippen LogP contribution >= 0.6 is 11.6 Å². The van der Waals surface area contributed by atoms with Gasteiger partial charge in [0, 0.05) is 18.9 Å². The summed E-state index contributed by atoms with van der Waals surface area (Å²) in [4.78, 5) is 23.1. The molecular weight excluding hydrogens is 298 g/mol. The van der Waals surface area contributed by atoms with Crippen molar-refractivity contribution >= 4 is 34.8 Å². The molecule has 0 aliphatic carbocycles. The van der Waals surface area contributed by atoms with Crippen LogP contribution in [0.25, 0.3) is 0 Å². The van der Waals surface area contributed by atoms with E-state index in [1.54, 1.807) is 6.07 Å². The summed E-state index contributed by atoms with van der Waals surface area (Å²) in [5.74, 6) is 0.213. The molecule has 2 amide bonds. The van der Waals surface area contributed by atoms with E-state index in [1.165, 1.54) is 20.3 Å². The normalized spacial score (nSPS) is 14.0. The number of nitrogens with zero attached hydrogens (tertiary/aromatic N) is 1. The number of carbonyl (C=O) groups excluding carboxylic acids is 2. The fourth-order valence-electron chi connectivity index (χ4n) is 1.79. The van der Waals surface area contributed by atoms with Crippen molar-refractivity contribution in [1.82, 2.24) is 5.43 Å². The predicted molar refractivity (Wildman–Crippen MR) is 78.0 cm³/mol. The van der Waals surface area contributed by atoms with Crippen LogP contribution in [-0.2, 0) is 9.59 Å². The van der Waals surface area contributed by atoms with E-state index in [2.05, 4.69) is 15.8 Å². The molecule has 7 nitrogen and oxygen atoms in total. The first-order valence-electron chi connectivity index (χ1n) is 6.13. The van der Waals surface area contributed by atoms with Crippen molar-refractivity contribution in [2.45, 2.75) is 12.8 Å². The van der Waals surface area contributed by atoms with Gasteiger partial charge in [-0.25, -0.2) is 5.43 Å². The number of anilines is 1. The van der Waals surface area contributed by atoms with Crippen molar-refractivity contribution in [3.63, 3.8) is 0 Å². The lowest BCUT2D eigenvalue weighted by Crippen LogP contribution is -2.32. The molecule has 2 N–H and O–H groups in total. The Hall–Kier alpha value is -2.28. The highest BCUT2D eigenvalue weighted by atomic mass is 35.5. The smallest absolute Gasteiger partial charge is 0.271 e. The first-order valence-corrected chi connectivity index (χ1v) is 6.51. The van der Waals surface area contributed by atoms with Crippen molar-refractivity contribution in [3.05, 3.63) is 17.2 Å². The van der Waals surface area contributed by atoms with Gasteiger partial charge in [0.1, 0.15) is 17.2 Å². The average Bonchev–Trinajstić information content (AvgIpc) is 2.48. The molecule has 8 heteroatoms. The van der Waals surface area contributed by atoms with Crippen LogP contribution in [0.3, 0.4) is 0 Å². The molecule has 0 saturated carbocycles. The summed E-state index contributed by atoms with van der Waals surface area (Å²) in [5, 5.41) is 6.72. The first-order chi connectivity index (χ1) is 10.0. The highest BCUT2D eigenvalue weighted by Gasteiger charge is 2.20. The zero-order chi connectivity index (χ0) is 15.4. The molecule has 1 aromatic carbocycles. The number of hydrogen-bond acceptors (Lipinski definition) is 5. The van der Waals surface area contributed by atoms with E-state index in [1.807, 2.05) is 0 Å². The van der Waals surface area contributed by atoms with Gasteiger partial charge in [0.15, 0.2) is 0 Å². The third-order valence-electron chi connectivity index (χ3n) is 2.89. The minimum atomic E-state index is -0.422. The van der Waals surface area contributed by atoms with Crippen LogP contribution in [0.1, 0.15) is 12.8 Å². The van der Waals surface area contributed by atoms with Crippen molar-refractivity contribution in [3.8, 4) is 11.5 Å². The number of benzene rings is 1. The maximum Gasteiger partial charge on any atom is 0.271 e. The average molecular weight is 312 g/mol. The number of methoxy groups -OCH3 is 2. The quantitative estimate of drug-likeness (QED) is 0.883. The third kappa shape index (κ3) is 3.43. The van der Waals surface area contributed by atoms with Gasteiger partial charge >= 0.3 is 0 Å². The molecule has 1 aromatic rings. The fourth-order valence-corrected chi connectivity index (χ4v) is 2.03. The Labute approximate surface area is 126 Å². The molecule has 0 radical (unpaired) electrons. The summed E-state index contributed by atoms with van der Waals surface area (Å²) in [7, 11) is 2.95. The van der Waals surface area contributed by atoms with Gasteiger partial charge in [-0.15, -0.1) is 0 Å². The number of halogens is 1. The van der Waals surface area contributed by atoms with E-state index < -0.39 is 5.91 Å². The Morgan fingerprint density at radius 1 is 1.29 bits per heavy atom. The summed E-state index contributed by atoms with van der Waals surface area (Å²) in [5.41, 5.74) is 2.90. The Kier molecular flexibility index (Phi) is 4.64. The fraction of sp³-hybridized carbons (Fsp3) is 0.308. The van der Waals surface area contributed by atoms with Crippen LogP contribution < -0.4 is 20.2 Å². The van der Waals surface area contributed by atoms with Gasteiger partial charge < -0.3 is 14.8 Å². The molecule has 0 saturated heterocycles. The minimum Gasteiger partial charge on any atom is -0.495 e. The summed E-state index contributed by atoms with van der Waals surface area (Å²) < 4.78 is 10.3. The molecule has 1 heterocycles. The molecule has 0 atom stereocenters. The molecular formula is C13H14ClN3O4. The lowest BCUT2D eigenvalue weighted by atomic mass is 10.1. The number of ether oxygens (including phenoxy) is 2. The van der Waals surface area contributed by atoms with Gasteiger partial charge in [-0.05, 0) is 6.07 Å². The monoisotopic (exact) mass is 311 g/mol. The van der Waals surface area contributed by atoms with Gasteiger partial charge in [-0.3, -0.25) is 9.59 Å². The molecule has 2 rings (SSSR count). The second-order valence-electron chi connectivity index (χ2n) is 4.23. The Bertz CT molecular complexity index is 616. The molecule has 0 unspecified atom stereocenters. The number of rotatable bonds is 4. The number of nitrogens with one attached hydrogen (secondary N) is 2. The third-order valence-corrected chi connectivity index (χ3v) is 3.18. The van der Waals surface area contributed by atoms with Crippen LogP contribution in [-0.4, -0.2) is 31.7 Å². The second kappa shape index (κ2) is 6.45. The van der Waals surface area contributed by atoms with Crippen LogP contribution in [0.5, 0.6) is 11.5 Å². The highest BCUT2D eigenvalue weighted by Crippen LogP contribution is 2.35. The highest BCUT2D eigenvalue weighted by molar-refractivity contribution is 6.44. The Balaban J connectivity index is 2.21. The van der Waals surface area contributed by atoms with Gasteiger partial charge in [-0.2, -0.15) is 5.10 Å². The SMILES string of the molecule is COc1cc(OC)c(NC(=O)C2=NNC(=O)CC2)cc1Cl. The molecule has 0 fully saturated rings. The van der Waals surface area contributed by atoms with E-state index in [9.17, 15) is 9.59 Å². The molecule has 1 aliphatic rings. The van der Waals surface area contributed by atoms with Gasteiger partial charge in [0.25, 0.3) is 5.91 Å². The van der Waals surface area contributed by atoms with Gasteiger partial charge in [0.2, 0.25) is 5.91 Å². The van der Waals surface area contributed by atoms with Crippen molar-refractivity contribution in [2.24, 2.45) is 5.10 Å². The number of hydrogen-bond donors (Lipinski definition) is 2. The standard InChI is InChI=1S/C13H14ClN3O4/c1-20-10-6-11(21-2)9(5-7(10)14)15-13(19)8-3-4-12(18)17-16-8/h5-6H,3-4H2,1-2H3,(H,15,19)(H,17,18). The summed E-state index contributed by atoms with van der Waals surface area (Å²) in [6.07, 6.45) is 0.511. The molecule has 0 spiro atoms. The molecule has 112 valence electrons. The van der Waals surface area contributed by atoms with E-state index in [0.717, 1.165) is 0 Å². The largest absolute Gasteiger partial charge is 0.495 e. The topological polar surface area (TPSA) is 89.0 Å². The van der Waals surface area contributed by atoms with Gasteiger partial charge in [0.05, 0.1) is 24.9 Å². The Morgan fingerprint density at radius 2 is 2.00 bits per heavy atom. The molecule has 21 heavy (non-hydrogen) atoms. The van der Waals surface area contributed by atoms with Crippen LogP contribution in [0.4, 0.5) is 5.69 Å². The van der Waals surface area contributed by atoms with Crippen molar-refractivity contribution in [1.29, 1.82) is 0 Å². The Morgan fingerprint density at radius 3 is 2.57 bits per heavy atom. The summed E-state index contributed by atoms with van der Waals surface area (Å²) >= 11 is 6.03. The summed E-state index contributed by atoms with van der Waals surface area (Å²) in [6, 6.07) is 3.10. The maximum atomic E-state index is 12.1. The number of amides is 2. The zero-order valence-electron chi connectivity index (χ0n) is 11.5. The molecule has 0 bridgehead atoms. The minimum absolute atomic E-state index is 0.211. The molecule has 1 aliphatic heterocycles. The van der Waals surface area contributed by atoms with Crippen molar-refractivity contribution in [2.75, 3.05) is 19.5 Å². The zero-order valence-corrected chi connectivity index (χ0v) is 12.3. The number of hydrazone groups is 1. The van der Waals surface area contributed by atoms with Crippen LogP contribution in [0.2, 0.25) is 5.02 Å². The lowest BCUT2D eigenvalue weighted by Gasteiger charge is -2.15. The first kappa shape index (κ1) is 15.1. The predicted octanol–water partition coefficient (Wildman–Crippen LogP) is 1.56. The van der Waals surface area contributed by atoms with Crippen molar-refractivity contribution < 1.29 is 19.1 Å². The van der Waals surface area contributed by atoms with E-state index in [0.29, 0.717) is 22.2 Å². The number of carbonyl (C=O) groups is 2. The molecule has 0 aromatic heterocycles. The second-order valence-corrected chi connectivity index (χ2v) is 4.64. The lowest BCUT2D eigenvalue weighted by molar-refractivity contribution is -0.121. The van der Waals surface area contributed by atoms with E-state index >= 15 is 0 Å². The maximum absolute atomic E-state index is 12.1.